The molecule has 5 rings (SSSR count). The molecule has 0 saturated carbocycles. The third kappa shape index (κ3) is 4.55. The molecule has 2 aliphatic heterocycles. The second-order valence-corrected chi connectivity index (χ2v) is 7.18. The summed E-state index contributed by atoms with van der Waals surface area (Å²) in [5, 5.41) is 6.11. The lowest BCUT2D eigenvalue weighted by Gasteiger charge is -2.11. The molecule has 8 nitrogen and oxygen atoms in total. The molecule has 0 saturated heterocycles. The van der Waals surface area contributed by atoms with E-state index in [0.29, 0.717) is 37.0 Å². The predicted molar refractivity (Wildman–Crippen MR) is 115 cm³/mol. The third-order valence-electron chi connectivity index (χ3n) is 4.95. The number of ether oxygens (including phenoxy) is 1. The summed E-state index contributed by atoms with van der Waals surface area (Å²) in [4.78, 5) is 25.5. The van der Waals surface area contributed by atoms with Crippen LogP contribution in [0.1, 0.15) is 34.5 Å². The largest absolute Gasteiger partial charge is 0.383 e. The van der Waals surface area contributed by atoms with Crippen LogP contribution in [0.3, 0.4) is 0 Å². The number of nitrogens with one attached hydrogen (secondary N) is 2. The van der Waals surface area contributed by atoms with Crippen LogP contribution in [0.4, 0.5) is 17.5 Å². The summed E-state index contributed by atoms with van der Waals surface area (Å²) in [6, 6.07) is 11.2. The molecular formula is C22H24N6O2. The van der Waals surface area contributed by atoms with Gasteiger partial charge < -0.3 is 21.1 Å². The molecule has 6 bridgehead atoms. The van der Waals surface area contributed by atoms with Crippen LogP contribution in [0.2, 0.25) is 0 Å². The van der Waals surface area contributed by atoms with E-state index in [1.165, 1.54) is 0 Å². The maximum Gasteiger partial charge on any atom is 0.269 e. The fraction of sp³-hybridized carbons (Fsp3) is 0.273. The van der Waals surface area contributed by atoms with Crippen molar-refractivity contribution in [2.45, 2.75) is 26.4 Å². The number of rotatable bonds is 0. The highest BCUT2D eigenvalue weighted by Crippen LogP contribution is 2.25. The molecule has 0 radical (unpaired) electrons. The Balaban J connectivity index is 1.69. The summed E-state index contributed by atoms with van der Waals surface area (Å²) >= 11 is 0. The van der Waals surface area contributed by atoms with Crippen LogP contribution in [-0.2, 0) is 11.3 Å². The smallest absolute Gasteiger partial charge is 0.269 e. The first-order chi connectivity index (χ1) is 14.6. The minimum Gasteiger partial charge on any atom is -0.383 e. The number of aromatic nitrogens is 3. The minimum atomic E-state index is -0.246. The molecule has 3 aromatic rings. The summed E-state index contributed by atoms with van der Waals surface area (Å²) < 4.78 is 5.82. The molecule has 0 fully saturated rings. The van der Waals surface area contributed by atoms with Crippen molar-refractivity contribution in [2.24, 2.45) is 0 Å². The van der Waals surface area contributed by atoms with Gasteiger partial charge in [-0.25, -0.2) is 15.0 Å². The van der Waals surface area contributed by atoms with Crippen molar-refractivity contribution in [3.63, 3.8) is 0 Å². The molecule has 0 unspecified atom stereocenters. The molecular weight excluding hydrogens is 380 g/mol. The normalized spacial score (nSPS) is 14.8. The number of anilines is 3. The van der Waals surface area contributed by atoms with Crippen molar-refractivity contribution < 1.29 is 9.53 Å². The lowest BCUT2D eigenvalue weighted by molar-refractivity contribution is 0.0941. The van der Waals surface area contributed by atoms with Crippen LogP contribution < -0.4 is 16.4 Å². The van der Waals surface area contributed by atoms with Gasteiger partial charge in [0.1, 0.15) is 11.5 Å². The van der Waals surface area contributed by atoms with Gasteiger partial charge in [0.25, 0.3) is 5.91 Å². The average Bonchev–Trinajstić information content (AvgIpc) is 2.74. The number of hydrogen-bond donors (Lipinski definition) is 3. The van der Waals surface area contributed by atoms with Gasteiger partial charge in [-0.15, -0.1) is 0 Å². The molecule has 30 heavy (non-hydrogen) atoms. The van der Waals surface area contributed by atoms with Crippen molar-refractivity contribution in [3.8, 4) is 11.3 Å². The molecule has 4 heterocycles. The first-order valence-electron chi connectivity index (χ1n) is 9.92. The fourth-order valence-electron chi connectivity index (χ4n) is 3.22. The number of fused-ring (bicyclic) bond motifs is 9. The number of hydrogen-bond acceptors (Lipinski definition) is 7. The number of amides is 1. The predicted octanol–water partition coefficient (Wildman–Crippen LogP) is 3.21. The van der Waals surface area contributed by atoms with E-state index < -0.39 is 0 Å². The Hall–Kier alpha value is -3.52. The molecule has 2 aromatic heterocycles. The summed E-state index contributed by atoms with van der Waals surface area (Å²) in [5.41, 5.74) is 10.8. The van der Waals surface area contributed by atoms with Gasteiger partial charge in [0, 0.05) is 30.6 Å². The van der Waals surface area contributed by atoms with Gasteiger partial charge >= 0.3 is 0 Å². The van der Waals surface area contributed by atoms with E-state index in [2.05, 4.69) is 32.5 Å². The zero-order chi connectivity index (χ0) is 20.9. The maximum absolute atomic E-state index is 12.3. The highest BCUT2D eigenvalue weighted by Gasteiger charge is 2.13. The lowest BCUT2D eigenvalue weighted by Crippen LogP contribution is -2.25. The highest BCUT2D eigenvalue weighted by molar-refractivity contribution is 5.93. The van der Waals surface area contributed by atoms with E-state index in [-0.39, 0.29) is 17.4 Å². The molecule has 1 amide bonds. The molecule has 4 N–H and O–H groups in total. The monoisotopic (exact) mass is 404 g/mol. The summed E-state index contributed by atoms with van der Waals surface area (Å²) in [5.74, 6) is 0.447. The van der Waals surface area contributed by atoms with Crippen LogP contribution in [0, 0.1) is 6.92 Å². The lowest BCUT2D eigenvalue weighted by atomic mass is 10.1. The zero-order valence-corrected chi connectivity index (χ0v) is 16.8. The van der Waals surface area contributed by atoms with Crippen molar-refractivity contribution in [1.29, 1.82) is 0 Å². The first-order valence-corrected chi connectivity index (χ1v) is 9.92. The maximum atomic E-state index is 12.3. The van der Waals surface area contributed by atoms with Crippen molar-refractivity contribution in [1.82, 2.24) is 20.3 Å². The molecule has 154 valence electrons. The van der Waals surface area contributed by atoms with Crippen molar-refractivity contribution in [3.05, 3.63) is 59.4 Å². The molecule has 1 aromatic carbocycles. The van der Waals surface area contributed by atoms with Crippen LogP contribution in [0.5, 0.6) is 0 Å². The van der Waals surface area contributed by atoms with Gasteiger partial charge in [0.15, 0.2) is 0 Å². The molecule has 0 aliphatic carbocycles. The number of carbonyl (C=O) groups is 1. The number of carbonyl (C=O) groups excluding carboxylic acids is 1. The van der Waals surface area contributed by atoms with Crippen LogP contribution in [0.15, 0.2) is 42.6 Å². The first kappa shape index (κ1) is 19.8. The van der Waals surface area contributed by atoms with Crippen molar-refractivity contribution in [2.75, 3.05) is 24.2 Å². The van der Waals surface area contributed by atoms with Gasteiger partial charge in [0.2, 0.25) is 5.95 Å². The number of nitrogen functional groups attached to an aromatic ring is 1. The van der Waals surface area contributed by atoms with E-state index in [9.17, 15) is 4.79 Å². The molecule has 0 atom stereocenters. The van der Waals surface area contributed by atoms with E-state index in [0.717, 1.165) is 29.7 Å². The SMILES string of the molecule is Cc1ccc2cc1COCCCCNC(=O)c1ccc(c(N)n1)-c1ccnc(n1)N2. The quantitative estimate of drug-likeness (QED) is 0.527. The van der Waals surface area contributed by atoms with Gasteiger partial charge in [-0.1, -0.05) is 6.07 Å². The minimum absolute atomic E-state index is 0.246. The van der Waals surface area contributed by atoms with Gasteiger partial charge in [-0.3, -0.25) is 4.79 Å². The van der Waals surface area contributed by atoms with Gasteiger partial charge in [-0.2, -0.15) is 0 Å². The Morgan fingerprint density at radius 3 is 2.83 bits per heavy atom. The molecule has 8 heteroatoms. The highest BCUT2D eigenvalue weighted by atomic mass is 16.5. The van der Waals surface area contributed by atoms with E-state index in [1.807, 2.05) is 18.2 Å². The Labute approximate surface area is 174 Å². The standard InChI is InChI=1S/C22H24N6O2/c1-14-4-5-16-12-15(14)13-30-11-3-2-9-24-21(29)19-7-6-17(20(23)27-19)18-8-10-25-22(26-16)28-18/h4-8,10,12H,2-3,9,11,13H2,1H3,(H2,23,27)(H,24,29)(H,25,26,28). The second kappa shape index (κ2) is 8.87. The zero-order valence-electron chi connectivity index (χ0n) is 16.8. The Bertz CT molecular complexity index is 1070. The van der Waals surface area contributed by atoms with Gasteiger partial charge in [0.05, 0.1) is 12.3 Å². The molecule has 2 aliphatic rings. The van der Waals surface area contributed by atoms with Crippen LogP contribution in [0.25, 0.3) is 11.3 Å². The van der Waals surface area contributed by atoms with Crippen LogP contribution in [-0.4, -0.2) is 34.0 Å². The van der Waals surface area contributed by atoms with E-state index in [1.54, 1.807) is 24.4 Å². The number of nitrogens with zero attached hydrogens (tertiary/aromatic N) is 3. The number of aryl methyl sites for hydroxylation is 1. The topological polar surface area (TPSA) is 115 Å². The van der Waals surface area contributed by atoms with E-state index >= 15 is 0 Å². The number of pyridine rings is 1. The second-order valence-electron chi connectivity index (χ2n) is 7.18. The number of benzene rings is 1. The molecule has 0 spiro atoms. The summed E-state index contributed by atoms with van der Waals surface area (Å²) in [6.45, 7) is 3.76. The Morgan fingerprint density at radius 2 is 1.97 bits per heavy atom. The summed E-state index contributed by atoms with van der Waals surface area (Å²) in [7, 11) is 0. The average molecular weight is 404 g/mol. The fourth-order valence-corrected chi connectivity index (χ4v) is 3.22. The van der Waals surface area contributed by atoms with Gasteiger partial charge in [-0.05, 0) is 61.2 Å². The number of nitrogens with two attached hydrogens (primary N) is 1. The Morgan fingerprint density at radius 1 is 1.07 bits per heavy atom. The van der Waals surface area contributed by atoms with Crippen molar-refractivity contribution >= 4 is 23.4 Å². The third-order valence-corrected chi connectivity index (χ3v) is 4.95. The summed E-state index contributed by atoms with van der Waals surface area (Å²) in [6.07, 6.45) is 3.33. The van der Waals surface area contributed by atoms with Crippen LogP contribution >= 0.6 is 0 Å². The Kier molecular flexibility index (Phi) is 5.85. The van der Waals surface area contributed by atoms with E-state index in [4.69, 9.17) is 10.5 Å².